The fourth-order valence-corrected chi connectivity index (χ4v) is 2.72. The van der Waals surface area contributed by atoms with Crippen LogP contribution in [0, 0.1) is 10.1 Å². The van der Waals surface area contributed by atoms with Crippen LogP contribution in [0.3, 0.4) is 0 Å². The minimum Gasteiger partial charge on any atom is -0.258 e. The zero-order valence-corrected chi connectivity index (χ0v) is 13.6. The molecule has 0 fully saturated rings. The van der Waals surface area contributed by atoms with Crippen LogP contribution in [0.15, 0.2) is 60.7 Å². The first-order valence-corrected chi connectivity index (χ1v) is 8.04. The maximum atomic E-state index is 11.0. The maximum Gasteiger partial charge on any atom is 0.270 e. The van der Waals surface area contributed by atoms with Crippen LogP contribution in [0.5, 0.6) is 0 Å². The number of nitro benzene ring substituents is 1. The van der Waals surface area contributed by atoms with Crippen LogP contribution in [0.1, 0.15) is 5.69 Å². The van der Waals surface area contributed by atoms with Gasteiger partial charge >= 0.3 is 0 Å². The van der Waals surface area contributed by atoms with Gasteiger partial charge in [-0.1, -0.05) is 58.4 Å². The van der Waals surface area contributed by atoms with Crippen molar-refractivity contribution in [2.75, 3.05) is 0 Å². The van der Waals surface area contributed by atoms with Crippen molar-refractivity contribution in [1.82, 2.24) is 10.2 Å². The quantitative estimate of drug-likeness (QED) is 0.382. The molecule has 0 atom stereocenters. The highest BCUT2D eigenvalue weighted by Crippen LogP contribution is 2.29. The number of non-ortho nitro benzene ring substituents is 1. The molecule has 0 radical (unpaired) electrons. The SMILES string of the molecule is O=[N+]([O-])c1cccc(-c2cc(-c3ccccc3)nnc2CBr)c1. The van der Waals surface area contributed by atoms with Gasteiger partial charge in [-0.2, -0.15) is 10.2 Å². The predicted molar refractivity (Wildman–Crippen MR) is 92.2 cm³/mol. The summed E-state index contributed by atoms with van der Waals surface area (Å²) in [7, 11) is 0. The van der Waals surface area contributed by atoms with Gasteiger partial charge < -0.3 is 0 Å². The third-order valence-corrected chi connectivity index (χ3v) is 3.97. The first kappa shape index (κ1) is 15.3. The van der Waals surface area contributed by atoms with E-state index in [2.05, 4.69) is 26.1 Å². The molecule has 1 heterocycles. The molecule has 1 aromatic heterocycles. The van der Waals surface area contributed by atoms with E-state index in [0.717, 1.165) is 28.1 Å². The fourth-order valence-electron chi connectivity index (χ4n) is 2.30. The van der Waals surface area contributed by atoms with Crippen LogP contribution >= 0.6 is 15.9 Å². The van der Waals surface area contributed by atoms with E-state index in [-0.39, 0.29) is 5.69 Å². The number of hydrogen-bond acceptors (Lipinski definition) is 4. The molecule has 0 saturated heterocycles. The number of nitro groups is 1. The highest BCUT2D eigenvalue weighted by Gasteiger charge is 2.13. The van der Waals surface area contributed by atoms with E-state index in [0.29, 0.717) is 5.33 Å². The first-order chi connectivity index (χ1) is 11.2. The summed E-state index contributed by atoms with van der Waals surface area (Å²) in [6.07, 6.45) is 0. The molecule has 6 heteroatoms. The molecule has 0 amide bonds. The molecule has 114 valence electrons. The van der Waals surface area contributed by atoms with Crippen LogP contribution in [0.4, 0.5) is 5.69 Å². The third kappa shape index (κ3) is 3.27. The van der Waals surface area contributed by atoms with Crippen molar-refractivity contribution in [3.8, 4) is 22.4 Å². The molecule has 5 nitrogen and oxygen atoms in total. The molecule has 0 aliphatic heterocycles. The smallest absolute Gasteiger partial charge is 0.258 e. The summed E-state index contributed by atoms with van der Waals surface area (Å²) in [6.45, 7) is 0. The molecule has 0 aliphatic rings. The molecule has 2 aromatic carbocycles. The Labute approximate surface area is 141 Å². The second kappa shape index (κ2) is 6.66. The standard InChI is InChI=1S/C17H12BrN3O2/c18-11-17-15(13-7-4-8-14(9-13)21(22)23)10-16(19-20-17)12-5-2-1-3-6-12/h1-10H,11H2. The van der Waals surface area contributed by atoms with E-state index in [1.165, 1.54) is 6.07 Å². The minimum absolute atomic E-state index is 0.0566. The lowest BCUT2D eigenvalue weighted by Crippen LogP contribution is -1.97. The Morgan fingerprint density at radius 1 is 0.957 bits per heavy atom. The zero-order chi connectivity index (χ0) is 16.2. The van der Waals surface area contributed by atoms with Crippen molar-refractivity contribution in [2.45, 2.75) is 5.33 Å². The van der Waals surface area contributed by atoms with Crippen molar-refractivity contribution in [1.29, 1.82) is 0 Å². The summed E-state index contributed by atoms with van der Waals surface area (Å²) in [5, 5.41) is 20.0. The Morgan fingerprint density at radius 3 is 2.39 bits per heavy atom. The number of rotatable bonds is 4. The van der Waals surface area contributed by atoms with Gasteiger partial charge in [0.2, 0.25) is 0 Å². The summed E-state index contributed by atoms with van der Waals surface area (Å²) >= 11 is 3.40. The normalized spacial score (nSPS) is 10.5. The molecule has 0 spiro atoms. The van der Waals surface area contributed by atoms with E-state index < -0.39 is 4.92 Å². The Hall–Kier alpha value is -2.60. The molecule has 3 rings (SSSR count). The van der Waals surface area contributed by atoms with Crippen LogP contribution in [-0.4, -0.2) is 15.1 Å². The van der Waals surface area contributed by atoms with Crippen molar-refractivity contribution in [3.05, 3.63) is 76.5 Å². The summed E-state index contributed by atoms with van der Waals surface area (Å²) in [5.74, 6) is 0. The number of benzene rings is 2. The third-order valence-electron chi connectivity index (χ3n) is 3.43. The highest BCUT2D eigenvalue weighted by atomic mass is 79.9. The van der Waals surface area contributed by atoms with Gasteiger partial charge in [-0.05, 0) is 11.6 Å². The van der Waals surface area contributed by atoms with E-state index in [1.54, 1.807) is 12.1 Å². The molecular weight excluding hydrogens is 358 g/mol. The molecule has 0 aliphatic carbocycles. The van der Waals surface area contributed by atoms with Crippen molar-refractivity contribution in [3.63, 3.8) is 0 Å². The summed E-state index contributed by atoms with van der Waals surface area (Å²) in [5.41, 5.74) is 4.07. The van der Waals surface area contributed by atoms with Crippen LogP contribution in [0.2, 0.25) is 0 Å². The molecule has 23 heavy (non-hydrogen) atoms. The lowest BCUT2D eigenvalue weighted by Gasteiger charge is -2.09. The topological polar surface area (TPSA) is 68.9 Å². The summed E-state index contributed by atoms with van der Waals surface area (Å²) < 4.78 is 0. The van der Waals surface area contributed by atoms with Gasteiger partial charge in [0.25, 0.3) is 5.69 Å². The second-order valence-corrected chi connectivity index (χ2v) is 5.46. The van der Waals surface area contributed by atoms with Crippen LogP contribution in [-0.2, 0) is 5.33 Å². The van der Waals surface area contributed by atoms with E-state index in [9.17, 15) is 10.1 Å². The van der Waals surface area contributed by atoms with Gasteiger partial charge in [0.1, 0.15) is 0 Å². The largest absolute Gasteiger partial charge is 0.270 e. The zero-order valence-electron chi connectivity index (χ0n) is 12.0. The number of aromatic nitrogens is 2. The summed E-state index contributed by atoms with van der Waals surface area (Å²) in [6, 6.07) is 18.2. The molecule has 0 N–H and O–H groups in total. The van der Waals surface area contributed by atoms with Gasteiger partial charge in [-0.3, -0.25) is 10.1 Å². The Morgan fingerprint density at radius 2 is 1.70 bits per heavy atom. The average Bonchev–Trinajstić information content (AvgIpc) is 2.62. The number of halogens is 1. The molecule has 0 unspecified atom stereocenters. The van der Waals surface area contributed by atoms with Gasteiger partial charge in [0.15, 0.2) is 0 Å². The van der Waals surface area contributed by atoms with Crippen molar-refractivity contribution < 1.29 is 4.92 Å². The monoisotopic (exact) mass is 369 g/mol. The Kier molecular flexibility index (Phi) is 4.43. The summed E-state index contributed by atoms with van der Waals surface area (Å²) in [4.78, 5) is 10.6. The number of hydrogen-bond donors (Lipinski definition) is 0. The molecule has 0 bridgehead atoms. The number of nitrogens with zero attached hydrogens (tertiary/aromatic N) is 3. The Balaban J connectivity index is 2.14. The highest BCUT2D eigenvalue weighted by molar-refractivity contribution is 9.08. The number of alkyl halides is 1. The van der Waals surface area contributed by atoms with Crippen LogP contribution in [0.25, 0.3) is 22.4 Å². The van der Waals surface area contributed by atoms with Crippen molar-refractivity contribution in [2.24, 2.45) is 0 Å². The lowest BCUT2D eigenvalue weighted by molar-refractivity contribution is -0.384. The predicted octanol–water partition coefficient (Wildman–Crippen LogP) is 4.61. The average molecular weight is 370 g/mol. The Bertz CT molecular complexity index is 853. The maximum absolute atomic E-state index is 11.0. The molecular formula is C17H12BrN3O2. The molecule has 0 saturated carbocycles. The molecule has 3 aromatic rings. The van der Waals surface area contributed by atoms with Gasteiger partial charge in [0, 0.05) is 28.6 Å². The fraction of sp³-hybridized carbons (Fsp3) is 0.0588. The van der Waals surface area contributed by atoms with Gasteiger partial charge in [-0.25, -0.2) is 0 Å². The van der Waals surface area contributed by atoms with E-state index in [1.807, 2.05) is 42.5 Å². The minimum atomic E-state index is -0.399. The van der Waals surface area contributed by atoms with Crippen molar-refractivity contribution >= 4 is 21.6 Å². The second-order valence-electron chi connectivity index (χ2n) is 4.90. The van der Waals surface area contributed by atoms with Crippen LogP contribution < -0.4 is 0 Å². The van der Waals surface area contributed by atoms with E-state index >= 15 is 0 Å². The van der Waals surface area contributed by atoms with Gasteiger partial charge in [0.05, 0.1) is 16.3 Å². The van der Waals surface area contributed by atoms with Gasteiger partial charge in [-0.15, -0.1) is 0 Å². The first-order valence-electron chi connectivity index (χ1n) is 6.92. The van der Waals surface area contributed by atoms with E-state index in [4.69, 9.17) is 0 Å². The lowest BCUT2D eigenvalue weighted by atomic mass is 10.0.